The third-order valence-corrected chi connectivity index (χ3v) is 5.71. The molecule has 3 heterocycles. The Morgan fingerprint density at radius 3 is 2.57 bits per heavy atom. The van der Waals surface area contributed by atoms with Gasteiger partial charge in [0.2, 0.25) is 11.8 Å². The lowest BCUT2D eigenvalue weighted by atomic mass is 9.95. The van der Waals surface area contributed by atoms with E-state index in [1.165, 1.54) is 0 Å². The predicted molar refractivity (Wildman–Crippen MR) is 106 cm³/mol. The third-order valence-electron chi connectivity index (χ3n) is 5.71. The molecule has 0 aliphatic carbocycles. The van der Waals surface area contributed by atoms with E-state index < -0.39 is 0 Å². The van der Waals surface area contributed by atoms with Gasteiger partial charge >= 0.3 is 0 Å². The van der Waals surface area contributed by atoms with Gasteiger partial charge < -0.3 is 19.4 Å². The predicted octanol–water partition coefficient (Wildman–Crippen LogP) is 1.23. The van der Waals surface area contributed by atoms with Crippen LogP contribution in [0.15, 0.2) is 6.07 Å². The molecule has 0 radical (unpaired) electrons. The Morgan fingerprint density at radius 2 is 1.96 bits per heavy atom. The topological polar surface area (TPSA) is 78.9 Å². The first-order chi connectivity index (χ1) is 13.4. The molecule has 2 aliphatic rings. The number of likely N-dealkylation sites (tertiary alicyclic amines) is 2. The van der Waals surface area contributed by atoms with Gasteiger partial charge in [-0.25, -0.2) is 9.97 Å². The number of carbonyl (C=O) groups is 2. The highest BCUT2D eigenvalue weighted by Gasteiger charge is 2.33. The van der Waals surface area contributed by atoms with Gasteiger partial charge in [0.1, 0.15) is 11.6 Å². The van der Waals surface area contributed by atoms with Crippen LogP contribution >= 0.6 is 0 Å². The quantitative estimate of drug-likeness (QED) is 0.728. The van der Waals surface area contributed by atoms with Crippen LogP contribution in [0.4, 0.5) is 5.82 Å². The second-order valence-electron chi connectivity index (χ2n) is 7.92. The molecule has 2 fully saturated rings. The Labute approximate surface area is 166 Å². The van der Waals surface area contributed by atoms with Crippen molar-refractivity contribution in [1.29, 1.82) is 0 Å². The largest absolute Gasteiger partial charge is 0.383 e. The summed E-state index contributed by atoms with van der Waals surface area (Å²) in [5.74, 6) is 2.33. The fraction of sp³-hybridized carbons (Fsp3) is 0.700. The molecule has 28 heavy (non-hydrogen) atoms. The molecular weight excluding hydrogens is 358 g/mol. The Kier molecular flexibility index (Phi) is 6.49. The zero-order valence-electron chi connectivity index (χ0n) is 17.3. The summed E-state index contributed by atoms with van der Waals surface area (Å²) in [6.07, 6.45) is 2.23. The molecule has 0 N–H and O–H groups in total. The minimum Gasteiger partial charge on any atom is -0.383 e. The van der Waals surface area contributed by atoms with Crippen LogP contribution in [-0.4, -0.2) is 85.6 Å². The van der Waals surface area contributed by atoms with E-state index in [4.69, 9.17) is 14.7 Å². The molecule has 1 aromatic heterocycles. The summed E-state index contributed by atoms with van der Waals surface area (Å²) >= 11 is 0. The highest BCUT2D eigenvalue weighted by Crippen LogP contribution is 2.32. The van der Waals surface area contributed by atoms with E-state index in [0.717, 1.165) is 43.3 Å². The van der Waals surface area contributed by atoms with E-state index >= 15 is 0 Å². The molecule has 0 unspecified atom stereocenters. The number of methoxy groups -OCH3 is 1. The average molecular weight is 390 g/mol. The first-order valence-corrected chi connectivity index (χ1v) is 9.97. The van der Waals surface area contributed by atoms with Crippen LogP contribution in [0.5, 0.6) is 0 Å². The van der Waals surface area contributed by atoms with Gasteiger partial charge in [-0.05, 0) is 12.8 Å². The summed E-state index contributed by atoms with van der Waals surface area (Å²) < 4.78 is 5.11. The summed E-state index contributed by atoms with van der Waals surface area (Å²) in [4.78, 5) is 39.3. The number of hydrogen-bond donors (Lipinski definition) is 0. The maximum Gasteiger partial charge on any atom is 0.223 e. The molecule has 2 saturated heterocycles. The van der Waals surface area contributed by atoms with Gasteiger partial charge in [0.05, 0.1) is 12.3 Å². The standard InChI is InChI=1S/C20H31N5O3/c1-14(26)24-7-5-15(6-8-24)20-21-17(12-18(22-20)23(2)3)16-11-19(27)25(13-16)9-10-28-4/h12,15-16H,5-11,13H2,1-4H3/t16-/m1/s1. The molecule has 0 bridgehead atoms. The fourth-order valence-electron chi connectivity index (χ4n) is 3.93. The molecule has 8 nitrogen and oxygen atoms in total. The molecule has 8 heteroatoms. The van der Waals surface area contributed by atoms with Gasteiger partial charge in [-0.15, -0.1) is 0 Å². The van der Waals surface area contributed by atoms with E-state index in [2.05, 4.69) is 0 Å². The van der Waals surface area contributed by atoms with Crippen molar-refractivity contribution in [2.75, 3.05) is 58.9 Å². The summed E-state index contributed by atoms with van der Waals surface area (Å²) in [6, 6.07) is 2.01. The van der Waals surface area contributed by atoms with Crippen molar-refractivity contribution in [1.82, 2.24) is 19.8 Å². The second kappa shape index (κ2) is 8.86. The lowest BCUT2D eigenvalue weighted by molar-refractivity contribution is -0.130. The van der Waals surface area contributed by atoms with Crippen molar-refractivity contribution in [3.05, 3.63) is 17.6 Å². The van der Waals surface area contributed by atoms with E-state index in [1.54, 1.807) is 14.0 Å². The van der Waals surface area contributed by atoms with Crippen LogP contribution in [0, 0.1) is 0 Å². The third kappa shape index (κ3) is 4.60. The molecule has 0 aromatic carbocycles. The molecule has 1 aromatic rings. The fourth-order valence-corrected chi connectivity index (χ4v) is 3.93. The average Bonchev–Trinajstić information content (AvgIpc) is 3.06. The summed E-state index contributed by atoms with van der Waals surface area (Å²) in [5.41, 5.74) is 0.941. The van der Waals surface area contributed by atoms with E-state index in [-0.39, 0.29) is 23.7 Å². The first-order valence-electron chi connectivity index (χ1n) is 9.97. The molecule has 0 spiro atoms. The lowest BCUT2D eigenvalue weighted by Gasteiger charge is -2.31. The Morgan fingerprint density at radius 1 is 1.25 bits per heavy atom. The highest BCUT2D eigenvalue weighted by atomic mass is 16.5. The number of piperidine rings is 1. The number of carbonyl (C=O) groups excluding carboxylic acids is 2. The monoisotopic (exact) mass is 389 g/mol. The minimum absolute atomic E-state index is 0.0853. The maximum atomic E-state index is 12.3. The lowest BCUT2D eigenvalue weighted by Crippen LogP contribution is -2.36. The minimum atomic E-state index is 0.0853. The number of rotatable bonds is 6. The van der Waals surface area contributed by atoms with Gasteiger partial charge in [-0.2, -0.15) is 0 Å². The number of amides is 2. The van der Waals surface area contributed by atoms with E-state index in [0.29, 0.717) is 26.1 Å². The number of nitrogens with zero attached hydrogens (tertiary/aromatic N) is 5. The van der Waals surface area contributed by atoms with Crippen LogP contribution in [0.25, 0.3) is 0 Å². The van der Waals surface area contributed by atoms with Gasteiger partial charge in [-0.1, -0.05) is 0 Å². The summed E-state index contributed by atoms with van der Waals surface area (Å²) in [7, 11) is 5.59. The van der Waals surface area contributed by atoms with Crippen molar-refractivity contribution >= 4 is 17.6 Å². The molecule has 3 rings (SSSR count). The first kappa shape index (κ1) is 20.5. The Balaban J connectivity index is 1.79. The van der Waals surface area contributed by atoms with Crippen molar-refractivity contribution in [2.24, 2.45) is 0 Å². The number of anilines is 1. The summed E-state index contributed by atoms with van der Waals surface area (Å²) in [6.45, 7) is 4.95. The van der Waals surface area contributed by atoms with Crippen LogP contribution in [0.1, 0.15) is 49.5 Å². The van der Waals surface area contributed by atoms with Crippen LogP contribution in [0.2, 0.25) is 0 Å². The highest BCUT2D eigenvalue weighted by molar-refractivity contribution is 5.79. The SMILES string of the molecule is COCCN1C[C@H](c2cc(N(C)C)nc(C3CCN(C(C)=O)CC3)n2)CC1=O. The maximum absolute atomic E-state index is 12.3. The van der Waals surface area contributed by atoms with Crippen molar-refractivity contribution in [3.8, 4) is 0 Å². The zero-order chi connectivity index (χ0) is 20.3. The van der Waals surface area contributed by atoms with Gasteiger partial charge in [0.15, 0.2) is 0 Å². The molecule has 0 saturated carbocycles. The zero-order valence-corrected chi connectivity index (χ0v) is 17.3. The summed E-state index contributed by atoms with van der Waals surface area (Å²) in [5, 5.41) is 0. The van der Waals surface area contributed by atoms with Gasteiger partial charge in [0, 0.05) is 78.6 Å². The van der Waals surface area contributed by atoms with Crippen LogP contribution < -0.4 is 4.90 Å². The molecular formula is C20H31N5O3. The number of aromatic nitrogens is 2. The number of hydrogen-bond acceptors (Lipinski definition) is 6. The van der Waals surface area contributed by atoms with Gasteiger partial charge in [0.25, 0.3) is 0 Å². The van der Waals surface area contributed by atoms with Crippen molar-refractivity contribution in [2.45, 2.75) is 38.0 Å². The van der Waals surface area contributed by atoms with E-state index in [1.807, 2.05) is 34.9 Å². The van der Waals surface area contributed by atoms with Crippen molar-refractivity contribution in [3.63, 3.8) is 0 Å². The Hall–Kier alpha value is -2.22. The smallest absolute Gasteiger partial charge is 0.223 e. The van der Waals surface area contributed by atoms with Crippen LogP contribution in [0.3, 0.4) is 0 Å². The molecule has 154 valence electrons. The van der Waals surface area contributed by atoms with Gasteiger partial charge in [-0.3, -0.25) is 9.59 Å². The second-order valence-corrected chi connectivity index (χ2v) is 7.92. The normalized spacial score (nSPS) is 20.7. The molecule has 2 amide bonds. The Bertz CT molecular complexity index is 716. The molecule has 2 aliphatic heterocycles. The van der Waals surface area contributed by atoms with Crippen molar-refractivity contribution < 1.29 is 14.3 Å². The molecule has 1 atom stereocenters. The van der Waals surface area contributed by atoms with E-state index in [9.17, 15) is 9.59 Å². The van der Waals surface area contributed by atoms with Crippen LogP contribution in [-0.2, 0) is 14.3 Å². The number of ether oxygens (including phenoxy) is 1.